The van der Waals surface area contributed by atoms with E-state index in [1.165, 1.54) is 19.3 Å². The van der Waals surface area contributed by atoms with Crippen molar-refractivity contribution >= 4 is 29.7 Å². The molecule has 41 heavy (non-hydrogen) atoms. The largest absolute Gasteiger partial charge is 0.444 e. The van der Waals surface area contributed by atoms with Crippen molar-refractivity contribution in [1.82, 2.24) is 15.5 Å². The number of hydrogen-bond donors (Lipinski definition) is 2. The van der Waals surface area contributed by atoms with E-state index in [1.54, 1.807) is 37.4 Å². The number of nitrogens with one attached hydrogen (secondary N) is 2. The van der Waals surface area contributed by atoms with Crippen LogP contribution in [0.15, 0.2) is 18.2 Å². The highest BCUT2D eigenvalue weighted by Gasteiger charge is 2.36. The number of alkyl carbamates (subject to hydrolysis) is 1. The van der Waals surface area contributed by atoms with Crippen molar-refractivity contribution in [3.8, 4) is 0 Å². The van der Waals surface area contributed by atoms with Gasteiger partial charge in [-0.25, -0.2) is 4.79 Å². The molecule has 0 aliphatic carbocycles. The number of unbranched alkanes of at least 4 members (excludes halogenated alkanes) is 7. The van der Waals surface area contributed by atoms with Crippen LogP contribution < -0.4 is 10.6 Å². The molecule has 0 saturated heterocycles. The molecule has 234 valence electrons. The molecule has 0 bridgehead atoms. The molecule has 2 unspecified atom stereocenters. The minimum Gasteiger partial charge on any atom is -0.444 e. The quantitative estimate of drug-likeness (QED) is 0.163. The fourth-order valence-electron chi connectivity index (χ4n) is 4.66. The molecule has 0 fully saturated rings. The molecule has 1 aromatic rings. The second-order valence-corrected chi connectivity index (χ2v) is 13.0. The average Bonchev–Trinajstić information content (AvgIpc) is 2.90. The number of nitrogens with zero attached hydrogens (tertiary/aromatic N) is 1. The third-order valence-corrected chi connectivity index (χ3v) is 7.77. The summed E-state index contributed by atoms with van der Waals surface area (Å²) in [6, 6.07) is 4.42. The molecule has 0 heterocycles. The van der Waals surface area contributed by atoms with Gasteiger partial charge < -0.3 is 20.3 Å². The number of carbonyl (C=O) groups excluding carboxylic acids is 3. The van der Waals surface area contributed by atoms with E-state index in [4.69, 9.17) is 4.74 Å². The third-order valence-electron chi connectivity index (χ3n) is 7.12. The van der Waals surface area contributed by atoms with Gasteiger partial charge in [-0.15, -0.1) is 0 Å². The molecule has 0 radical (unpaired) electrons. The van der Waals surface area contributed by atoms with Crippen LogP contribution in [0.4, 0.5) is 4.79 Å². The molecule has 2 atom stereocenters. The van der Waals surface area contributed by atoms with Crippen LogP contribution in [0.3, 0.4) is 0 Å². The fourth-order valence-corrected chi connectivity index (χ4v) is 5.13. The van der Waals surface area contributed by atoms with Crippen LogP contribution in [0, 0.1) is 13.8 Å². The molecule has 3 amide bonds. The lowest BCUT2D eigenvalue weighted by Gasteiger charge is -2.35. The van der Waals surface area contributed by atoms with Gasteiger partial charge in [0.15, 0.2) is 0 Å². The summed E-state index contributed by atoms with van der Waals surface area (Å²) in [6.45, 7) is 14.8. The van der Waals surface area contributed by atoms with Crippen molar-refractivity contribution in [3.63, 3.8) is 0 Å². The Bertz CT molecular complexity index is 932. The van der Waals surface area contributed by atoms with Crippen molar-refractivity contribution in [1.29, 1.82) is 0 Å². The number of aryl methyl sites for hydroxylation is 2. The monoisotopic (exact) mass is 591 g/mol. The second kappa shape index (κ2) is 19.8. The third kappa shape index (κ3) is 14.5. The summed E-state index contributed by atoms with van der Waals surface area (Å²) in [7, 11) is 0. The van der Waals surface area contributed by atoms with Gasteiger partial charge in [-0.1, -0.05) is 77.0 Å². The van der Waals surface area contributed by atoms with Crippen LogP contribution in [0.25, 0.3) is 0 Å². The summed E-state index contributed by atoms with van der Waals surface area (Å²) < 4.78 is 5.50. The zero-order chi connectivity index (χ0) is 30.8. The Balaban J connectivity index is 3.43. The highest BCUT2D eigenvalue weighted by atomic mass is 32.2. The predicted molar refractivity (Wildman–Crippen MR) is 172 cm³/mol. The summed E-state index contributed by atoms with van der Waals surface area (Å²) in [5, 5.41) is 5.94. The van der Waals surface area contributed by atoms with E-state index in [1.807, 2.05) is 38.3 Å². The first kappa shape index (κ1) is 36.8. The van der Waals surface area contributed by atoms with E-state index in [9.17, 15) is 14.4 Å². The first-order chi connectivity index (χ1) is 19.4. The van der Waals surface area contributed by atoms with Crippen LogP contribution in [-0.4, -0.2) is 59.5 Å². The summed E-state index contributed by atoms with van der Waals surface area (Å²) in [5.74, 6) is 0.268. The smallest absolute Gasteiger partial charge is 0.408 e. The molecule has 1 rings (SSSR count). The zero-order valence-corrected chi connectivity index (χ0v) is 27.9. The van der Waals surface area contributed by atoms with Gasteiger partial charge in [0.25, 0.3) is 0 Å². The van der Waals surface area contributed by atoms with E-state index in [-0.39, 0.29) is 11.8 Å². The van der Waals surface area contributed by atoms with Crippen LogP contribution in [0.5, 0.6) is 0 Å². The SMILES string of the molecule is CCCCCCCCN(C(=O)C(CCSC)NC(=O)OC(C)(C)C)C(C(=O)NCCCCC)c1ccc(C)c(C)c1. The van der Waals surface area contributed by atoms with E-state index in [0.29, 0.717) is 25.3 Å². The minimum atomic E-state index is -0.792. The zero-order valence-electron chi connectivity index (χ0n) is 27.1. The first-order valence-corrected chi connectivity index (χ1v) is 17.0. The van der Waals surface area contributed by atoms with E-state index in [0.717, 1.165) is 55.2 Å². The van der Waals surface area contributed by atoms with Crippen molar-refractivity contribution in [2.45, 2.75) is 130 Å². The highest BCUT2D eigenvalue weighted by Crippen LogP contribution is 2.26. The van der Waals surface area contributed by atoms with Crippen molar-refractivity contribution in [2.24, 2.45) is 0 Å². The van der Waals surface area contributed by atoms with Crippen molar-refractivity contribution in [3.05, 3.63) is 34.9 Å². The minimum absolute atomic E-state index is 0.176. The maximum Gasteiger partial charge on any atom is 0.408 e. The van der Waals surface area contributed by atoms with Gasteiger partial charge in [-0.3, -0.25) is 9.59 Å². The van der Waals surface area contributed by atoms with Gasteiger partial charge in [0.05, 0.1) is 0 Å². The maximum atomic E-state index is 14.3. The first-order valence-electron chi connectivity index (χ1n) is 15.6. The Kier molecular flexibility index (Phi) is 17.8. The summed E-state index contributed by atoms with van der Waals surface area (Å²) in [4.78, 5) is 42.7. The lowest BCUT2D eigenvalue weighted by atomic mass is 9.97. The number of carbonyl (C=O) groups is 3. The second-order valence-electron chi connectivity index (χ2n) is 12.0. The maximum absolute atomic E-state index is 14.3. The number of ether oxygens (including phenoxy) is 1. The fraction of sp³-hybridized carbons (Fsp3) is 0.727. The molecule has 2 N–H and O–H groups in total. The standard InChI is InChI=1S/C33H57N3O4S/c1-9-11-13-14-15-17-22-36(31(38)28(20-23-41-8)35-32(39)40-33(5,6)7)29(30(37)34-21-16-12-10-2)27-19-18-25(3)26(4)24-27/h18-19,24,28-29H,9-17,20-23H2,1-8H3,(H,34,37)(H,35,39). The number of thioether (sulfide) groups is 1. The summed E-state index contributed by atoms with van der Waals surface area (Å²) in [5.41, 5.74) is 2.31. The van der Waals surface area contributed by atoms with Gasteiger partial charge in [0, 0.05) is 13.1 Å². The van der Waals surface area contributed by atoms with Crippen LogP contribution >= 0.6 is 11.8 Å². The van der Waals surface area contributed by atoms with Gasteiger partial charge in [-0.2, -0.15) is 11.8 Å². The lowest BCUT2D eigenvalue weighted by molar-refractivity contribution is -0.142. The molecule has 1 aromatic carbocycles. The van der Waals surface area contributed by atoms with Gasteiger partial charge in [0.1, 0.15) is 17.7 Å². The van der Waals surface area contributed by atoms with E-state index < -0.39 is 23.8 Å². The molecule has 8 heteroatoms. The molecule has 0 saturated carbocycles. The number of rotatable bonds is 19. The van der Waals surface area contributed by atoms with Crippen LogP contribution in [0.2, 0.25) is 0 Å². The van der Waals surface area contributed by atoms with Crippen molar-refractivity contribution in [2.75, 3.05) is 25.1 Å². The van der Waals surface area contributed by atoms with Gasteiger partial charge in [0.2, 0.25) is 11.8 Å². The van der Waals surface area contributed by atoms with Crippen molar-refractivity contribution < 1.29 is 19.1 Å². The number of benzene rings is 1. The highest BCUT2D eigenvalue weighted by molar-refractivity contribution is 7.98. The molecule has 0 aliphatic heterocycles. The van der Waals surface area contributed by atoms with Gasteiger partial charge in [-0.05, 0) is 82.6 Å². The molecule has 0 aliphatic rings. The number of hydrogen-bond acceptors (Lipinski definition) is 5. The normalized spacial score (nSPS) is 12.9. The Morgan fingerprint density at radius 2 is 1.56 bits per heavy atom. The summed E-state index contributed by atoms with van der Waals surface area (Å²) >= 11 is 1.62. The molecule has 0 spiro atoms. The van der Waals surface area contributed by atoms with E-state index in [2.05, 4.69) is 24.5 Å². The molecule has 7 nitrogen and oxygen atoms in total. The molecular weight excluding hydrogens is 534 g/mol. The number of amides is 3. The summed E-state index contributed by atoms with van der Waals surface area (Å²) in [6.07, 6.45) is 11.2. The Morgan fingerprint density at radius 1 is 0.927 bits per heavy atom. The Labute approximate surface area is 254 Å². The Hall–Kier alpha value is -2.22. The topological polar surface area (TPSA) is 87.7 Å². The molecular formula is C33H57N3O4S. The molecule has 0 aromatic heterocycles. The average molecular weight is 592 g/mol. The van der Waals surface area contributed by atoms with Crippen LogP contribution in [0.1, 0.15) is 122 Å². The lowest BCUT2D eigenvalue weighted by Crippen LogP contribution is -2.53. The van der Waals surface area contributed by atoms with Gasteiger partial charge >= 0.3 is 6.09 Å². The predicted octanol–water partition coefficient (Wildman–Crippen LogP) is 7.49. The van der Waals surface area contributed by atoms with Crippen LogP contribution in [-0.2, 0) is 14.3 Å². The Morgan fingerprint density at radius 3 is 2.17 bits per heavy atom. The van der Waals surface area contributed by atoms with E-state index >= 15 is 0 Å².